The van der Waals surface area contributed by atoms with E-state index < -0.39 is 0 Å². The van der Waals surface area contributed by atoms with Gasteiger partial charge in [-0.3, -0.25) is 0 Å². The Morgan fingerprint density at radius 1 is 1.39 bits per heavy atom. The van der Waals surface area contributed by atoms with Crippen LogP contribution in [0.1, 0.15) is 53.4 Å². The number of hydrogen-bond acceptors (Lipinski definition) is 2. The zero-order valence-electron chi connectivity index (χ0n) is 12.2. The Kier molecular flexibility index (Phi) is 5.45. The average Bonchev–Trinajstić information content (AvgIpc) is 3.06. The zero-order chi connectivity index (χ0) is 13.8. The summed E-state index contributed by atoms with van der Waals surface area (Å²) in [5.74, 6) is 0. The van der Waals surface area contributed by atoms with Gasteiger partial charge in [-0.1, -0.05) is 20.8 Å². The number of hydrogen-bond donors (Lipinski definition) is 2. The molecule has 18 heavy (non-hydrogen) atoms. The van der Waals surface area contributed by atoms with Gasteiger partial charge in [0.25, 0.3) is 0 Å². The van der Waals surface area contributed by atoms with Crippen LogP contribution in [-0.2, 0) is 0 Å². The Labute approximate surface area is 111 Å². The third-order valence-corrected chi connectivity index (χ3v) is 3.69. The Balaban J connectivity index is 2.44. The first-order valence-corrected chi connectivity index (χ1v) is 7.04. The van der Waals surface area contributed by atoms with E-state index in [-0.39, 0.29) is 24.1 Å². The fourth-order valence-electron chi connectivity index (χ4n) is 1.71. The van der Waals surface area contributed by atoms with E-state index in [0.29, 0.717) is 6.04 Å². The van der Waals surface area contributed by atoms with Crippen molar-refractivity contribution < 1.29 is 9.90 Å². The third kappa shape index (κ3) is 4.84. The van der Waals surface area contributed by atoms with Gasteiger partial charge in [0, 0.05) is 25.2 Å². The highest BCUT2D eigenvalue weighted by atomic mass is 16.3. The molecule has 1 aliphatic rings. The van der Waals surface area contributed by atoms with Gasteiger partial charge in [-0.2, -0.15) is 0 Å². The van der Waals surface area contributed by atoms with E-state index in [0.717, 1.165) is 32.2 Å². The molecule has 1 saturated carbocycles. The van der Waals surface area contributed by atoms with Crippen molar-refractivity contribution in [3.8, 4) is 0 Å². The quantitative estimate of drug-likeness (QED) is 0.717. The largest absolute Gasteiger partial charge is 0.396 e. The molecule has 1 rings (SSSR count). The highest BCUT2D eigenvalue weighted by Crippen LogP contribution is 2.27. The topological polar surface area (TPSA) is 52.6 Å². The van der Waals surface area contributed by atoms with E-state index in [2.05, 4.69) is 33.0 Å². The standard InChI is InChI=1S/C14H28N2O2/c1-11(14(2,3)4)15-13(18)16(12-7-8-12)9-5-6-10-17/h11-12,17H,5-10H2,1-4H3,(H,15,18). The number of urea groups is 1. The van der Waals surface area contributed by atoms with Crippen LogP contribution >= 0.6 is 0 Å². The minimum atomic E-state index is 0.0536. The fraction of sp³-hybridized carbons (Fsp3) is 0.929. The lowest BCUT2D eigenvalue weighted by atomic mass is 9.88. The average molecular weight is 256 g/mol. The molecular weight excluding hydrogens is 228 g/mol. The van der Waals surface area contributed by atoms with Crippen LogP contribution in [0.3, 0.4) is 0 Å². The van der Waals surface area contributed by atoms with Gasteiger partial charge < -0.3 is 15.3 Å². The van der Waals surface area contributed by atoms with Crippen molar-refractivity contribution in [3.05, 3.63) is 0 Å². The van der Waals surface area contributed by atoms with Crippen LogP contribution in [0, 0.1) is 5.41 Å². The van der Waals surface area contributed by atoms with E-state index in [9.17, 15) is 4.79 Å². The monoisotopic (exact) mass is 256 g/mol. The Bertz CT molecular complexity index is 269. The van der Waals surface area contributed by atoms with Gasteiger partial charge in [0.1, 0.15) is 0 Å². The number of amides is 2. The molecule has 0 heterocycles. The van der Waals surface area contributed by atoms with E-state index in [1.165, 1.54) is 0 Å². The molecule has 0 aromatic rings. The van der Waals surface area contributed by atoms with Crippen molar-refractivity contribution >= 4 is 6.03 Å². The van der Waals surface area contributed by atoms with Gasteiger partial charge in [-0.05, 0) is 38.0 Å². The number of carbonyl (C=O) groups excluding carboxylic acids is 1. The molecule has 0 radical (unpaired) electrons. The van der Waals surface area contributed by atoms with Crippen molar-refractivity contribution in [2.24, 2.45) is 5.41 Å². The first-order chi connectivity index (χ1) is 8.36. The lowest BCUT2D eigenvalue weighted by Crippen LogP contribution is -2.49. The predicted molar refractivity (Wildman–Crippen MR) is 73.5 cm³/mol. The number of aliphatic hydroxyl groups excluding tert-OH is 1. The molecule has 0 aromatic heterocycles. The summed E-state index contributed by atoms with van der Waals surface area (Å²) < 4.78 is 0. The molecule has 0 saturated heterocycles. The molecule has 0 aromatic carbocycles. The number of nitrogens with zero attached hydrogens (tertiary/aromatic N) is 1. The maximum Gasteiger partial charge on any atom is 0.317 e. The summed E-state index contributed by atoms with van der Waals surface area (Å²) in [4.78, 5) is 14.2. The lowest BCUT2D eigenvalue weighted by Gasteiger charge is -2.31. The van der Waals surface area contributed by atoms with Gasteiger partial charge in [-0.15, -0.1) is 0 Å². The maximum absolute atomic E-state index is 12.2. The molecule has 1 fully saturated rings. The molecule has 1 aliphatic carbocycles. The van der Waals surface area contributed by atoms with Gasteiger partial charge in [0.15, 0.2) is 0 Å². The van der Waals surface area contributed by atoms with Gasteiger partial charge in [-0.25, -0.2) is 4.79 Å². The molecule has 4 nitrogen and oxygen atoms in total. The first kappa shape index (κ1) is 15.3. The SMILES string of the molecule is CC(NC(=O)N(CCCCO)C1CC1)C(C)(C)C. The van der Waals surface area contributed by atoms with Crippen LogP contribution < -0.4 is 5.32 Å². The minimum Gasteiger partial charge on any atom is -0.396 e. The summed E-state index contributed by atoms with van der Waals surface area (Å²) in [6.07, 6.45) is 3.89. The highest BCUT2D eigenvalue weighted by Gasteiger charge is 2.33. The number of unbranched alkanes of at least 4 members (excludes halogenated alkanes) is 1. The van der Waals surface area contributed by atoms with Crippen LogP contribution in [0.4, 0.5) is 4.79 Å². The molecule has 106 valence electrons. The Hall–Kier alpha value is -0.770. The summed E-state index contributed by atoms with van der Waals surface area (Å²) in [5.41, 5.74) is 0.0793. The van der Waals surface area contributed by atoms with Gasteiger partial charge in [0.05, 0.1) is 0 Å². The number of nitrogens with one attached hydrogen (secondary N) is 1. The van der Waals surface area contributed by atoms with E-state index in [1.807, 2.05) is 4.90 Å². The summed E-state index contributed by atoms with van der Waals surface area (Å²) in [5, 5.41) is 11.9. The number of aliphatic hydroxyl groups is 1. The second kappa shape index (κ2) is 6.41. The molecule has 0 bridgehead atoms. The number of rotatable bonds is 6. The zero-order valence-corrected chi connectivity index (χ0v) is 12.2. The van der Waals surface area contributed by atoms with Crippen LogP contribution in [0.5, 0.6) is 0 Å². The van der Waals surface area contributed by atoms with E-state index in [4.69, 9.17) is 5.11 Å². The van der Waals surface area contributed by atoms with Crippen molar-refractivity contribution in [1.82, 2.24) is 10.2 Å². The normalized spacial score (nSPS) is 17.4. The smallest absolute Gasteiger partial charge is 0.317 e. The molecule has 2 amide bonds. The second-order valence-electron chi connectivity index (χ2n) is 6.39. The van der Waals surface area contributed by atoms with Crippen molar-refractivity contribution in [3.63, 3.8) is 0 Å². The maximum atomic E-state index is 12.2. The van der Waals surface area contributed by atoms with Crippen molar-refractivity contribution in [2.45, 2.75) is 65.5 Å². The van der Waals surface area contributed by atoms with Crippen LogP contribution in [-0.4, -0.2) is 41.3 Å². The molecule has 1 atom stereocenters. The third-order valence-electron chi connectivity index (χ3n) is 3.69. The summed E-state index contributed by atoms with van der Waals surface area (Å²) >= 11 is 0. The summed E-state index contributed by atoms with van der Waals surface area (Å²) in [7, 11) is 0. The highest BCUT2D eigenvalue weighted by molar-refractivity contribution is 5.75. The van der Waals surface area contributed by atoms with Crippen LogP contribution in [0.15, 0.2) is 0 Å². The van der Waals surface area contributed by atoms with Crippen LogP contribution in [0.25, 0.3) is 0 Å². The Morgan fingerprint density at radius 2 is 2.00 bits per heavy atom. The van der Waals surface area contributed by atoms with E-state index in [1.54, 1.807) is 0 Å². The van der Waals surface area contributed by atoms with E-state index >= 15 is 0 Å². The number of carbonyl (C=O) groups is 1. The molecule has 4 heteroatoms. The van der Waals surface area contributed by atoms with Gasteiger partial charge in [0.2, 0.25) is 0 Å². The van der Waals surface area contributed by atoms with Crippen molar-refractivity contribution in [2.75, 3.05) is 13.2 Å². The fourth-order valence-corrected chi connectivity index (χ4v) is 1.71. The Morgan fingerprint density at radius 3 is 2.44 bits per heavy atom. The molecule has 1 unspecified atom stereocenters. The summed E-state index contributed by atoms with van der Waals surface area (Å²) in [6, 6.07) is 0.637. The van der Waals surface area contributed by atoms with Crippen molar-refractivity contribution in [1.29, 1.82) is 0 Å². The molecule has 0 spiro atoms. The molecular formula is C14H28N2O2. The molecule has 0 aliphatic heterocycles. The second-order valence-corrected chi connectivity index (χ2v) is 6.39. The summed E-state index contributed by atoms with van der Waals surface area (Å²) in [6.45, 7) is 9.41. The first-order valence-electron chi connectivity index (χ1n) is 7.04. The van der Waals surface area contributed by atoms with Gasteiger partial charge >= 0.3 is 6.03 Å². The molecule has 2 N–H and O–H groups in total. The minimum absolute atomic E-state index is 0.0536. The van der Waals surface area contributed by atoms with Crippen LogP contribution in [0.2, 0.25) is 0 Å². The predicted octanol–water partition coefficient (Wildman–Crippen LogP) is 2.37. The lowest BCUT2D eigenvalue weighted by molar-refractivity contribution is 0.176.